The van der Waals surface area contributed by atoms with E-state index in [9.17, 15) is 0 Å². The smallest absolute Gasteiger partial charge is 0.191 e. The Morgan fingerprint density at radius 2 is 1.88 bits per heavy atom. The Hall–Kier alpha value is -2.08. The van der Waals surface area contributed by atoms with E-state index in [0.29, 0.717) is 19.7 Å². The minimum atomic E-state index is 0.592. The second-order valence-corrected chi connectivity index (χ2v) is 7.22. The van der Waals surface area contributed by atoms with E-state index in [2.05, 4.69) is 59.6 Å². The Morgan fingerprint density at radius 3 is 2.48 bits per heavy atom. The lowest BCUT2D eigenvalue weighted by Gasteiger charge is -2.14. The molecule has 2 aromatic rings. The number of rotatable bonds is 7. The van der Waals surface area contributed by atoms with Crippen molar-refractivity contribution < 1.29 is 4.74 Å². The van der Waals surface area contributed by atoms with Crippen LogP contribution in [0.3, 0.4) is 0 Å². The number of benzene rings is 1. The van der Waals surface area contributed by atoms with Gasteiger partial charge in [-0.3, -0.25) is 0 Å². The van der Waals surface area contributed by atoms with Gasteiger partial charge in [-0.15, -0.1) is 11.3 Å². The van der Waals surface area contributed by atoms with Crippen LogP contribution in [0.25, 0.3) is 0 Å². The lowest BCUT2D eigenvalue weighted by atomic mass is 10.1. The summed E-state index contributed by atoms with van der Waals surface area (Å²) in [5, 5.41) is 7.68. The number of ether oxygens (including phenoxy) is 1. The van der Waals surface area contributed by atoms with Crippen LogP contribution in [0.4, 0.5) is 0 Å². The molecular formula is C19H28N4OS. The van der Waals surface area contributed by atoms with Crippen molar-refractivity contribution >= 4 is 17.3 Å². The van der Waals surface area contributed by atoms with E-state index in [1.165, 1.54) is 4.88 Å². The van der Waals surface area contributed by atoms with Crippen LogP contribution in [0.1, 0.15) is 33.6 Å². The van der Waals surface area contributed by atoms with Crippen molar-refractivity contribution in [2.24, 2.45) is 4.99 Å². The van der Waals surface area contributed by atoms with Gasteiger partial charge >= 0.3 is 0 Å². The van der Waals surface area contributed by atoms with E-state index in [1.54, 1.807) is 11.3 Å². The van der Waals surface area contributed by atoms with Gasteiger partial charge in [0.2, 0.25) is 0 Å². The van der Waals surface area contributed by atoms with Gasteiger partial charge in [0, 0.05) is 11.4 Å². The Labute approximate surface area is 154 Å². The topological polar surface area (TPSA) is 58.5 Å². The third-order valence-electron chi connectivity index (χ3n) is 3.77. The molecule has 0 bridgehead atoms. The first-order valence-electron chi connectivity index (χ1n) is 8.65. The molecule has 6 heteroatoms. The maximum Gasteiger partial charge on any atom is 0.191 e. The molecule has 1 aromatic carbocycles. The minimum absolute atomic E-state index is 0.592. The summed E-state index contributed by atoms with van der Waals surface area (Å²) < 4.78 is 5.93. The molecule has 25 heavy (non-hydrogen) atoms. The zero-order valence-corrected chi connectivity index (χ0v) is 16.6. The molecule has 0 aliphatic heterocycles. The van der Waals surface area contributed by atoms with Crippen LogP contribution in [0.15, 0.2) is 23.2 Å². The van der Waals surface area contributed by atoms with E-state index in [4.69, 9.17) is 4.74 Å². The van der Waals surface area contributed by atoms with Crippen LogP contribution in [0.5, 0.6) is 5.75 Å². The summed E-state index contributed by atoms with van der Waals surface area (Å²) in [6, 6.07) is 6.19. The number of aliphatic imine (C=N–C) groups is 1. The molecule has 1 aromatic heterocycles. The number of hydrogen-bond donors (Lipinski definition) is 2. The summed E-state index contributed by atoms with van der Waals surface area (Å²) in [6.07, 6.45) is 0. The molecule has 1 heterocycles. The predicted octanol–water partition coefficient (Wildman–Crippen LogP) is 3.51. The van der Waals surface area contributed by atoms with Crippen molar-refractivity contribution in [3.63, 3.8) is 0 Å². The first kappa shape index (κ1) is 19.2. The Kier molecular flexibility index (Phi) is 7.25. The van der Waals surface area contributed by atoms with Crippen molar-refractivity contribution in [2.45, 2.75) is 41.2 Å². The largest absolute Gasteiger partial charge is 0.491 e. The highest BCUT2D eigenvalue weighted by atomic mass is 32.1. The number of para-hydroxylation sites is 1. The number of hydrogen-bond acceptors (Lipinski definition) is 4. The van der Waals surface area contributed by atoms with Gasteiger partial charge in [0.1, 0.15) is 12.4 Å². The molecule has 0 aliphatic carbocycles. The van der Waals surface area contributed by atoms with Crippen LogP contribution < -0.4 is 15.4 Å². The van der Waals surface area contributed by atoms with Crippen LogP contribution in [-0.4, -0.2) is 30.6 Å². The normalized spacial score (nSPS) is 11.5. The molecule has 0 spiro atoms. The number of nitrogens with one attached hydrogen (secondary N) is 2. The van der Waals surface area contributed by atoms with Gasteiger partial charge in [-0.25, -0.2) is 9.98 Å². The van der Waals surface area contributed by atoms with E-state index in [-0.39, 0.29) is 0 Å². The first-order valence-corrected chi connectivity index (χ1v) is 9.47. The van der Waals surface area contributed by atoms with Crippen LogP contribution >= 0.6 is 11.3 Å². The zero-order chi connectivity index (χ0) is 18.2. The van der Waals surface area contributed by atoms with Gasteiger partial charge < -0.3 is 15.4 Å². The van der Waals surface area contributed by atoms with Crippen molar-refractivity contribution in [3.8, 4) is 5.75 Å². The Morgan fingerprint density at radius 1 is 1.16 bits per heavy atom. The molecule has 5 nitrogen and oxygen atoms in total. The summed E-state index contributed by atoms with van der Waals surface area (Å²) in [5.74, 6) is 1.78. The summed E-state index contributed by atoms with van der Waals surface area (Å²) >= 11 is 1.70. The monoisotopic (exact) mass is 360 g/mol. The Balaban J connectivity index is 1.87. The first-order chi connectivity index (χ1) is 12.0. The third-order valence-corrected chi connectivity index (χ3v) is 4.83. The van der Waals surface area contributed by atoms with Crippen LogP contribution in [0, 0.1) is 27.7 Å². The lowest BCUT2D eigenvalue weighted by Crippen LogP contribution is -2.39. The van der Waals surface area contributed by atoms with E-state index in [1.807, 2.05) is 13.8 Å². The molecule has 0 saturated heterocycles. The molecule has 136 valence electrons. The van der Waals surface area contributed by atoms with Crippen molar-refractivity contribution in [3.05, 3.63) is 44.9 Å². The fourth-order valence-corrected chi connectivity index (χ4v) is 3.42. The highest BCUT2D eigenvalue weighted by Crippen LogP contribution is 2.22. The maximum atomic E-state index is 5.93. The molecule has 0 unspecified atom stereocenters. The maximum absolute atomic E-state index is 5.93. The summed E-state index contributed by atoms with van der Waals surface area (Å²) in [7, 11) is 0. The highest BCUT2D eigenvalue weighted by molar-refractivity contribution is 7.11. The molecule has 2 N–H and O–H groups in total. The number of aryl methyl sites for hydroxylation is 4. The minimum Gasteiger partial charge on any atom is -0.491 e. The van der Waals surface area contributed by atoms with E-state index in [0.717, 1.165) is 40.1 Å². The fraction of sp³-hybridized carbons (Fsp3) is 0.474. The molecule has 0 amide bonds. The quantitative estimate of drug-likeness (QED) is 0.451. The summed E-state index contributed by atoms with van der Waals surface area (Å²) in [6.45, 7) is 13.0. The van der Waals surface area contributed by atoms with Crippen molar-refractivity contribution in [1.82, 2.24) is 15.6 Å². The number of nitrogens with zero attached hydrogens (tertiary/aromatic N) is 2. The highest BCUT2D eigenvalue weighted by Gasteiger charge is 2.06. The van der Waals surface area contributed by atoms with Gasteiger partial charge in [-0.2, -0.15) is 0 Å². The number of thiazole rings is 1. The fourth-order valence-electron chi connectivity index (χ4n) is 2.56. The lowest BCUT2D eigenvalue weighted by molar-refractivity contribution is 0.317. The third kappa shape index (κ3) is 5.74. The molecule has 2 rings (SSSR count). The second kappa shape index (κ2) is 9.42. The average molecular weight is 361 g/mol. The molecule has 0 fully saturated rings. The van der Waals surface area contributed by atoms with Gasteiger partial charge in [-0.1, -0.05) is 18.2 Å². The summed E-state index contributed by atoms with van der Waals surface area (Å²) in [5.41, 5.74) is 3.40. The average Bonchev–Trinajstić information content (AvgIpc) is 2.89. The SMILES string of the molecule is CCNC(=NCc1sc(C)nc1C)NCCOc1c(C)cccc1C. The molecule has 0 radical (unpaired) electrons. The molecular weight excluding hydrogens is 332 g/mol. The van der Waals surface area contributed by atoms with Gasteiger partial charge in [0.05, 0.1) is 23.8 Å². The van der Waals surface area contributed by atoms with Crippen LogP contribution in [0.2, 0.25) is 0 Å². The standard InChI is InChI=1S/C19H28N4OS/c1-6-20-19(22-12-17-15(4)23-16(5)25-17)21-10-11-24-18-13(2)8-7-9-14(18)3/h7-9H,6,10-12H2,1-5H3,(H2,20,21,22). The second-order valence-electron chi connectivity index (χ2n) is 5.93. The van der Waals surface area contributed by atoms with Gasteiger partial charge in [0.15, 0.2) is 5.96 Å². The zero-order valence-electron chi connectivity index (χ0n) is 15.8. The Bertz CT molecular complexity index is 704. The number of guanidine groups is 1. The van der Waals surface area contributed by atoms with E-state index >= 15 is 0 Å². The van der Waals surface area contributed by atoms with Gasteiger partial charge in [0.25, 0.3) is 0 Å². The summed E-state index contributed by atoms with van der Waals surface area (Å²) in [4.78, 5) is 10.3. The van der Waals surface area contributed by atoms with E-state index < -0.39 is 0 Å². The number of aromatic nitrogens is 1. The van der Waals surface area contributed by atoms with Gasteiger partial charge in [-0.05, 0) is 45.7 Å². The van der Waals surface area contributed by atoms with Crippen molar-refractivity contribution in [1.29, 1.82) is 0 Å². The molecule has 0 saturated carbocycles. The molecule has 0 aliphatic rings. The van der Waals surface area contributed by atoms with Crippen molar-refractivity contribution in [2.75, 3.05) is 19.7 Å². The van der Waals surface area contributed by atoms with Crippen LogP contribution in [-0.2, 0) is 6.54 Å². The predicted molar refractivity (Wildman–Crippen MR) is 106 cm³/mol. The molecule has 0 atom stereocenters.